The predicted octanol–water partition coefficient (Wildman–Crippen LogP) is 9.85. The molecular formula is C72H114N8O18. The number of rotatable bonds is 40. The van der Waals surface area contributed by atoms with Crippen molar-refractivity contribution in [1.29, 1.82) is 0 Å². The first-order valence-electron chi connectivity index (χ1n) is 34.0. The summed E-state index contributed by atoms with van der Waals surface area (Å²) in [6, 6.07) is 7.98. The van der Waals surface area contributed by atoms with Gasteiger partial charge in [0.1, 0.15) is 69.5 Å². The van der Waals surface area contributed by atoms with Gasteiger partial charge in [-0.15, -0.1) is 5.11 Å². The summed E-state index contributed by atoms with van der Waals surface area (Å²) >= 11 is 0. The SMILES string of the molecule is CC(C)(C)OC(=O)CN(CC(=O)OC(C)(C)C)C(CCCCNC(=O)CCC(NC(=O)CCCCCCNC(=O)CCc1ccc(O)c(N=Nc2ccc(C=O)cc2)c1)C(=O)NCCCCC(C(=O)OC(C)(C)C)N(CC(=O)OC(C)(C)C)CC(=O)OC(C)(C)C)C(=O)OC(C)(C)C. The van der Waals surface area contributed by atoms with Gasteiger partial charge in [0.05, 0.1) is 31.9 Å². The molecule has 26 nitrogen and oxygen atoms in total. The minimum absolute atomic E-state index is 0.0649. The quantitative estimate of drug-likeness (QED) is 0.0136. The molecule has 0 fully saturated rings. The lowest BCUT2D eigenvalue weighted by Gasteiger charge is -2.33. The van der Waals surface area contributed by atoms with Gasteiger partial charge in [0, 0.05) is 44.5 Å². The molecule has 4 amide bonds. The molecule has 3 unspecified atom stereocenters. The molecule has 5 N–H and O–H groups in total. The number of esters is 6. The number of carbonyl (C=O) groups excluding carboxylic acids is 11. The number of phenolic OH excluding ortho intramolecular Hbond substituents is 1. The van der Waals surface area contributed by atoms with Crippen LogP contribution in [0.5, 0.6) is 5.75 Å². The molecule has 0 aromatic heterocycles. The Morgan fingerprint density at radius 1 is 0.449 bits per heavy atom. The number of azo groups is 1. The number of amides is 4. The van der Waals surface area contributed by atoms with Gasteiger partial charge >= 0.3 is 35.8 Å². The maximum absolute atomic E-state index is 14.0. The predicted molar refractivity (Wildman–Crippen MR) is 369 cm³/mol. The van der Waals surface area contributed by atoms with E-state index >= 15 is 0 Å². The Bertz CT molecular complexity index is 2900. The van der Waals surface area contributed by atoms with Gasteiger partial charge in [0.2, 0.25) is 23.6 Å². The van der Waals surface area contributed by atoms with Crippen LogP contribution in [-0.2, 0) is 82.8 Å². The molecule has 98 heavy (non-hydrogen) atoms. The fourth-order valence-electron chi connectivity index (χ4n) is 9.61. The highest BCUT2D eigenvalue weighted by Gasteiger charge is 2.37. The summed E-state index contributed by atoms with van der Waals surface area (Å²) in [6.45, 7) is 29.5. The van der Waals surface area contributed by atoms with Crippen LogP contribution in [0.25, 0.3) is 0 Å². The number of hydrogen-bond donors (Lipinski definition) is 5. The molecule has 3 atom stereocenters. The normalized spacial score (nSPS) is 13.2. The number of aryl methyl sites for hydroxylation is 1. The van der Waals surface area contributed by atoms with Crippen molar-refractivity contribution in [1.82, 2.24) is 31.1 Å². The average Bonchev–Trinajstić information content (AvgIpc) is 0.853. The standard InChI is InChI=1S/C72H114N8O18/c1-67(2,3)93-60(86)44-79(45-61(87)94-68(4,5)6)54(65(91)97-71(13,14)15)27-22-25-41-74-58(84)39-36-52(64(90)75-42-26-23-28-55(66(92)98-72(16,17)18)80(46-62(88)95-69(7,8)9)47-63(89)96-70(10,11)12)76-59(85)29-21-19-20-24-40-73-57(83)38-33-49-32-37-56(82)53(43-49)78-77-51-34-30-50(48-81)31-35-51/h30-32,34-35,37,43,48,52,54-55,82H,19-29,33,36,38-42,44-47H2,1-18H3,(H,73,83)(H,74,84)(H,75,90)(H,76,85). The molecule has 2 aromatic rings. The molecular weight excluding hydrogens is 1260 g/mol. The molecule has 26 heteroatoms. The van der Waals surface area contributed by atoms with Gasteiger partial charge in [0.25, 0.3) is 0 Å². The minimum atomic E-state index is -1.14. The highest BCUT2D eigenvalue weighted by atomic mass is 16.6. The first-order valence-corrected chi connectivity index (χ1v) is 34.0. The van der Waals surface area contributed by atoms with Crippen LogP contribution in [0.15, 0.2) is 52.7 Å². The smallest absolute Gasteiger partial charge is 0.323 e. The number of aldehydes is 1. The summed E-state index contributed by atoms with van der Waals surface area (Å²) < 4.78 is 33.8. The van der Waals surface area contributed by atoms with E-state index in [-0.39, 0.29) is 69.0 Å². The van der Waals surface area contributed by atoms with Gasteiger partial charge in [-0.05, 0) is 231 Å². The number of phenols is 1. The molecule has 0 bridgehead atoms. The Hall–Kier alpha value is -7.87. The van der Waals surface area contributed by atoms with E-state index in [1.807, 2.05) is 0 Å². The third-order valence-corrected chi connectivity index (χ3v) is 13.6. The summed E-state index contributed by atoms with van der Waals surface area (Å²) in [5.74, 6) is -5.68. The van der Waals surface area contributed by atoms with Gasteiger partial charge in [-0.1, -0.05) is 18.9 Å². The lowest BCUT2D eigenvalue weighted by atomic mass is 10.1. The van der Waals surface area contributed by atoms with Gasteiger partial charge in [0.15, 0.2) is 0 Å². The molecule has 2 rings (SSSR count). The number of hydrogen-bond acceptors (Lipinski definition) is 22. The molecule has 0 heterocycles. The van der Waals surface area contributed by atoms with Crippen LogP contribution < -0.4 is 21.3 Å². The van der Waals surface area contributed by atoms with Crippen molar-refractivity contribution in [3.63, 3.8) is 0 Å². The van der Waals surface area contributed by atoms with Crippen molar-refractivity contribution in [3.05, 3.63) is 53.6 Å². The summed E-state index contributed by atoms with van der Waals surface area (Å²) in [7, 11) is 0. The molecule has 2 aromatic carbocycles. The molecule has 0 spiro atoms. The highest BCUT2D eigenvalue weighted by Crippen LogP contribution is 2.30. The van der Waals surface area contributed by atoms with Crippen LogP contribution >= 0.6 is 0 Å². The van der Waals surface area contributed by atoms with Gasteiger partial charge in [-0.3, -0.25) is 62.5 Å². The van der Waals surface area contributed by atoms with Crippen molar-refractivity contribution < 1.29 is 86.3 Å². The number of nitrogens with zero attached hydrogens (tertiary/aromatic N) is 4. The molecule has 550 valence electrons. The van der Waals surface area contributed by atoms with Gasteiger partial charge in [-0.2, -0.15) is 5.11 Å². The molecule has 0 radical (unpaired) electrons. The Kier molecular flexibility index (Phi) is 36.0. The minimum Gasteiger partial charge on any atom is -0.506 e. The van der Waals surface area contributed by atoms with Crippen LogP contribution in [0.2, 0.25) is 0 Å². The Balaban J connectivity index is 2.21. The molecule has 0 aliphatic carbocycles. The monoisotopic (exact) mass is 1380 g/mol. The molecule has 0 aliphatic heterocycles. The summed E-state index contributed by atoms with van der Waals surface area (Å²) in [4.78, 5) is 148. The number of aromatic hydroxyl groups is 1. The van der Waals surface area contributed by atoms with Crippen molar-refractivity contribution in [2.24, 2.45) is 10.2 Å². The lowest BCUT2D eigenvalue weighted by Crippen LogP contribution is -2.50. The zero-order chi connectivity index (χ0) is 74.2. The Morgan fingerprint density at radius 3 is 1.27 bits per heavy atom. The topological polar surface area (TPSA) is 343 Å². The van der Waals surface area contributed by atoms with Gasteiger partial charge < -0.3 is 54.8 Å². The summed E-state index contributed by atoms with van der Waals surface area (Å²) in [6.07, 6.45) is 5.06. The zero-order valence-electron chi connectivity index (χ0n) is 61.6. The second kappa shape index (κ2) is 40.9. The average molecular weight is 1380 g/mol. The van der Waals surface area contributed by atoms with E-state index in [2.05, 4.69) is 31.5 Å². The van der Waals surface area contributed by atoms with E-state index in [4.69, 9.17) is 28.4 Å². The van der Waals surface area contributed by atoms with Crippen molar-refractivity contribution >= 4 is 77.1 Å². The maximum atomic E-state index is 14.0. The van der Waals surface area contributed by atoms with E-state index in [0.29, 0.717) is 75.6 Å². The first-order chi connectivity index (χ1) is 45.3. The lowest BCUT2D eigenvalue weighted by molar-refractivity contribution is -0.171. The number of ether oxygens (including phenoxy) is 6. The van der Waals surface area contributed by atoms with E-state index in [0.717, 1.165) is 11.8 Å². The van der Waals surface area contributed by atoms with Crippen molar-refractivity contribution in [2.75, 3.05) is 45.8 Å². The van der Waals surface area contributed by atoms with Crippen LogP contribution in [0.4, 0.5) is 11.4 Å². The van der Waals surface area contributed by atoms with E-state index in [1.54, 1.807) is 161 Å². The van der Waals surface area contributed by atoms with Crippen LogP contribution in [0.1, 0.15) is 230 Å². The highest BCUT2D eigenvalue weighted by molar-refractivity contribution is 5.88. The summed E-state index contributed by atoms with van der Waals surface area (Å²) in [5, 5.41) is 30.0. The Morgan fingerprint density at radius 2 is 0.847 bits per heavy atom. The van der Waals surface area contributed by atoms with Crippen LogP contribution in [0, 0.1) is 0 Å². The number of carbonyl (C=O) groups is 11. The largest absolute Gasteiger partial charge is 0.506 e. The number of unbranched alkanes of at least 4 members (excludes halogenated alkanes) is 5. The van der Waals surface area contributed by atoms with Crippen molar-refractivity contribution in [2.45, 2.75) is 273 Å². The first kappa shape index (κ1) is 86.2. The van der Waals surface area contributed by atoms with Crippen LogP contribution in [0.3, 0.4) is 0 Å². The number of nitrogens with one attached hydrogen (secondary N) is 4. The maximum Gasteiger partial charge on any atom is 0.323 e. The number of benzene rings is 2. The third-order valence-electron chi connectivity index (χ3n) is 13.6. The second-order valence-corrected chi connectivity index (χ2v) is 30.3. The molecule has 0 saturated heterocycles. The van der Waals surface area contributed by atoms with E-state index in [9.17, 15) is 57.8 Å². The fourth-order valence-corrected chi connectivity index (χ4v) is 9.61. The second-order valence-electron chi connectivity index (χ2n) is 30.3. The molecule has 0 aliphatic rings. The van der Waals surface area contributed by atoms with E-state index < -0.39 is 131 Å². The Labute approximate surface area is 580 Å². The van der Waals surface area contributed by atoms with E-state index in [1.165, 1.54) is 15.9 Å². The fraction of sp³-hybridized carbons (Fsp3) is 0.681. The zero-order valence-corrected chi connectivity index (χ0v) is 61.6. The van der Waals surface area contributed by atoms with Crippen LogP contribution in [-0.4, -0.2) is 178 Å². The molecule has 0 saturated carbocycles. The van der Waals surface area contributed by atoms with Gasteiger partial charge in [-0.25, -0.2) is 0 Å². The third kappa shape index (κ3) is 40.8. The summed E-state index contributed by atoms with van der Waals surface area (Å²) in [5.41, 5.74) is -3.28. The van der Waals surface area contributed by atoms with Crippen molar-refractivity contribution in [3.8, 4) is 5.75 Å².